The molecule has 1 aliphatic rings. The van der Waals surface area contributed by atoms with Crippen molar-refractivity contribution in [1.82, 2.24) is 9.79 Å². The van der Waals surface area contributed by atoms with Crippen molar-refractivity contribution in [1.29, 1.82) is 0 Å². The fourth-order valence-corrected chi connectivity index (χ4v) is 3.65. The molecular formula is C22H29F3N4O3S. The molecule has 0 unspecified atom stereocenters. The molecule has 0 spiro atoms. The number of piperazine rings is 1. The summed E-state index contributed by atoms with van der Waals surface area (Å²) >= 11 is 1.69. The number of amides is 1. The minimum atomic E-state index is -4.30. The van der Waals surface area contributed by atoms with E-state index < -0.39 is 11.7 Å². The number of carbonyl (C=O) groups is 2. The van der Waals surface area contributed by atoms with E-state index in [1.807, 2.05) is 31.0 Å². The minimum absolute atomic E-state index is 0.181. The van der Waals surface area contributed by atoms with Crippen LogP contribution in [-0.2, 0) is 15.8 Å². The molecule has 0 aliphatic carbocycles. The summed E-state index contributed by atoms with van der Waals surface area (Å²) < 4.78 is 40.8. The van der Waals surface area contributed by atoms with Gasteiger partial charge in [0.2, 0.25) is 6.41 Å². The van der Waals surface area contributed by atoms with E-state index in [9.17, 15) is 18.0 Å². The van der Waals surface area contributed by atoms with Crippen molar-refractivity contribution in [3.05, 3.63) is 54.1 Å². The third kappa shape index (κ3) is 10.6. The number of nitrogens with zero attached hydrogens (tertiary/aromatic N) is 2. The van der Waals surface area contributed by atoms with Crippen LogP contribution in [0, 0.1) is 0 Å². The molecule has 7 nitrogen and oxygen atoms in total. The van der Waals surface area contributed by atoms with Gasteiger partial charge in [0.05, 0.1) is 5.56 Å². The largest absolute Gasteiger partial charge is 0.416 e. The molecule has 33 heavy (non-hydrogen) atoms. The predicted molar refractivity (Wildman–Crippen MR) is 124 cm³/mol. The van der Waals surface area contributed by atoms with Crippen LogP contribution in [0.5, 0.6) is 0 Å². The highest BCUT2D eigenvalue weighted by molar-refractivity contribution is 7.97. The van der Waals surface area contributed by atoms with Gasteiger partial charge in [0.1, 0.15) is 6.29 Å². The second kappa shape index (κ2) is 15.1. The summed E-state index contributed by atoms with van der Waals surface area (Å²) in [5.41, 5.74) is 2.36. The highest BCUT2D eigenvalue weighted by Gasteiger charge is 2.31. The van der Waals surface area contributed by atoms with E-state index in [4.69, 9.17) is 10.0 Å². The zero-order valence-corrected chi connectivity index (χ0v) is 19.3. The lowest BCUT2D eigenvalue weighted by Crippen LogP contribution is -2.43. The molecular weight excluding hydrogens is 457 g/mol. The van der Waals surface area contributed by atoms with Crippen molar-refractivity contribution in [3.8, 4) is 0 Å². The van der Waals surface area contributed by atoms with Gasteiger partial charge in [0.25, 0.3) is 0 Å². The van der Waals surface area contributed by atoms with Gasteiger partial charge in [-0.1, -0.05) is 13.0 Å². The highest BCUT2D eigenvalue weighted by Crippen LogP contribution is 2.32. The third-order valence-electron chi connectivity index (χ3n) is 4.37. The Morgan fingerprint density at radius 3 is 2.09 bits per heavy atom. The molecule has 182 valence electrons. The Morgan fingerprint density at radius 2 is 1.64 bits per heavy atom. The summed E-state index contributed by atoms with van der Waals surface area (Å²) in [6.07, 6.45) is -2.60. The van der Waals surface area contributed by atoms with Crippen molar-refractivity contribution in [2.75, 3.05) is 43.4 Å². The number of hydrogen-bond donors (Lipinski definition) is 3. The monoisotopic (exact) mass is 486 g/mol. The number of hydroxylamine groups is 1. The second-order valence-corrected chi connectivity index (χ2v) is 7.82. The SMILES string of the molecule is CCC=O.CNc1ccc(SN2CCN(c3cccc(C(F)(F)F)c3)CC2)cc1.O=CNO. The van der Waals surface area contributed by atoms with Crippen LogP contribution in [0.25, 0.3) is 0 Å². The Kier molecular flexibility index (Phi) is 13.0. The Labute approximate surface area is 196 Å². The Morgan fingerprint density at radius 1 is 1.06 bits per heavy atom. The Bertz CT molecular complexity index is 822. The average molecular weight is 487 g/mol. The van der Waals surface area contributed by atoms with Crippen LogP contribution in [0.3, 0.4) is 0 Å². The molecule has 1 saturated heterocycles. The van der Waals surface area contributed by atoms with Gasteiger partial charge in [-0.25, -0.2) is 9.79 Å². The molecule has 0 saturated carbocycles. The van der Waals surface area contributed by atoms with Crippen LogP contribution in [0.15, 0.2) is 53.4 Å². The molecule has 1 amide bonds. The van der Waals surface area contributed by atoms with Gasteiger partial charge in [-0.15, -0.1) is 0 Å². The number of benzene rings is 2. The third-order valence-corrected chi connectivity index (χ3v) is 5.48. The first kappa shape index (κ1) is 28.3. The smallest absolute Gasteiger partial charge is 0.388 e. The van der Waals surface area contributed by atoms with Crippen LogP contribution in [0.2, 0.25) is 0 Å². The topological polar surface area (TPSA) is 84.9 Å². The van der Waals surface area contributed by atoms with E-state index in [0.717, 1.165) is 36.0 Å². The van der Waals surface area contributed by atoms with Crippen LogP contribution < -0.4 is 15.7 Å². The average Bonchev–Trinajstić information content (AvgIpc) is 2.85. The summed E-state index contributed by atoms with van der Waals surface area (Å²) in [4.78, 5) is 21.2. The maximum absolute atomic E-state index is 12.9. The lowest BCUT2D eigenvalue weighted by Gasteiger charge is -2.35. The minimum Gasteiger partial charge on any atom is -0.388 e. The van der Waals surface area contributed by atoms with E-state index in [-0.39, 0.29) is 6.41 Å². The van der Waals surface area contributed by atoms with Crippen LogP contribution in [-0.4, -0.2) is 55.4 Å². The second-order valence-electron chi connectivity index (χ2n) is 6.65. The van der Waals surface area contributed by atoms with Gasteiger partial charge in [0, 0.05) is 55.9 Å². The van der Waals surface area contributed by atoms with Crippen molar-refractivity contribution < 1.29 is 28.0 Å². The van der Waals surface area contributed by atoms with Crippen molar-refractivity contribution in [2.24, 2.45) is 0 Å². The standard InChI is InChI=1S/C18H20F3N3S.C3H6O.CH3NO2/c1-22-15-5-7-17(8-6-15)25-24-11-9-23(10-12-24)16-4-2-3-14(13-16)18(19,20)21;1-2-3-4;3-1-2-4/h2-8,13,22H,9-12H2,1H3;3H,2H2,1H3;1,4H,(H,2,3). The Balaban J connectivity index is 0.000000591. The highest BCUT2D eigenvalue weighted by atomic mass is 32.2. The Hall–Kier alpha value is -2.76. The molecule has 1 aliphatic heterocycles. The molecule has 0 bridgehead atoms. The van der Waals surface area contributed by atoms with E-state index in [1.165, 1.54) is 17.6 Å². The number of rotatable bonds is 6. The van der Waals surface area contributed by atoms with Crippen molar-refractivity contribution in [3.63, 3.8) is 0 Å². The molecule has 3 N–H and O–H groups in total. The zero-order valence-electron chi connectivity index (χ0n) is 18.5. The van der Waals surface area contributed by atoms with Gasteiger partial charge in [-0.3, -0.25) is 10.0 Å². The number of carbonyl (C=O) groups excluding carboxylic acids is 2. The van der Waals surface area contributed by atoms with Gasteiger partial charge >= 0.3 is 6.18 Å². The molecule has 3 rings (SSSR count). The van der Waals surface area contributed by atoms with E-state index in [0.29, 0.717) is 25.2 Å². The summed E-state index contributed by atoms with van der Waals surface area (Å²) in [5.74, 6) is 0. The maximum Gasteiger partial charge on any atom is 0.416 e. The van der Waals surface area contributed by atoms with Crippen LogP contribution >= 0.6 is 11.9 Å². The maximum atomic E-state index is 12.9. The molecule has 1 heterocycles. The lowest BCUT2D eigenvalue weighted by atomic mass is 10.1. The molecule has 2 aromatic rings. The number of nitrogens with one attached hydrogen (secondary N) is 2. The molecule has 0 radical (unpaired) electrons. The number of halogens is 3. The first-order chi connectivity index (χ1) is 15.8. The van der Waals surface area contributed by atoms with Crippen molar-refractivity contribution >= 4 is 36.0 Å². The van der Waals surface area contributed by atoms with E-state index in [2.05, 4.69) is 21.8 Å². The number of anilines is 2. The molecule has 1 fully saturated rings. The summed E-state index contributed by atoms with van der Waals surface area (Å²) in [6, 6.07) is 13.8. The molecule has 11 heteroatoms. The molecule has 0 atom stereocenters. The van der Waals surface area contributed by atoms with Crippen molar-refractivity contribution in [2.45, 2.75) is 24.4 Å². The number of alkyl halides is 3. The fraction of sp³-hybridized carbons (Fsp3) is 0.364. The van der Waals surface area contributed by atoms with Crippen LogP contribution in [0.1, 0.15) is 18.9 Å². The van der Waals surface area contributed by atoms with E-state index >= 15 is 0 Å². The molecule has 0 aromatic heterocycles. The lowest BCUT2D eigenvalue weighted by molar-refractivity contribution is -0.137. The normalized spacial score (nSPS) is 13.6. The predicted octanol–water partition coefficient (Wildman–Crippen LogP) is 4.29. The first-order valence-corrected chi connectivity index (χ1v) is 11.0. The molecule has 2 aromatic carbocycles. The van der Waals surface area contributed by atoms with Crippen LogP contribution in [0.4, 0.5) is 24.5 Å². The van der Waals surface area contributed by atoms with Gasteiger partial charge < -0.3 is 15.0 Å². The number of aldehydes is 1. The summed E-state index contributed by atoms with van der Waals surface area (Å²) in [5, 5.41) is 10.3. The summed E-state index contributed by atoms with van der Waals surface area (Å²) in [6.45, 7) is 4.84. The first-order valence-electron chi connectivity index (χ1n) is 10.2. The quantitative estimate of drug-likeness (QED) is 0.243. The summed E-state index contributed by atoms with van der Waals surface area (Å²) in [7, 11) is 1.88. The van der Waals surface area contributed by atoms with Gasteiger partial charge in [-0.2, -0.15) is 13.2 Å². The van der Waals surface area contributed by atoms with Gasteiger partial charge in [-0.05, 0) is 54.4 Å². The number of hydrogen-bond acceptors (Lipinski definition) is 7. The van der Waals surface area contributed by atoms with E-state index in [1.54, 1.807) is 18.0 Å². The fourth-order valence-electron chi connectivity index (χ4n) is 2.75. The van der Waals surface area contributed by atoms with Gasteiger partial charge in [0.15, 0.2) is 0 Å². The zero-order chi connectivity index (χ0) is 24.7.